The molecule has 186 valence electrons. The Morgan fingerprint density at radius 1 is 0.914 bits per heavy atom. The van der Waals surface area contributed by atoms with Gasteiger partial charge < -0.3 is 20.4 Å². The molecule has 2 saturated heterocycles. The van der Waals surface area contributed by atoms with Gasteiger partial charge in [-0.1, -0.05) is 0 Å². The van der Waals surface area contributed by atoms with Crippen molar-refractivity contribution in [3.8, 4) is 0 Å². The van der Waals surface area contributed by atoms with Gasteiger partial charge in [-0.15, -0.1) is 0 Å². The van der Waals surface area contributed by atoms with E-state index in [0.717, 1.165) is 12.1 Å². The minimum Gasteiger partial charge on any atom is -0.343 e. The smallest absolute Gasteiger partial charge is 0.251 e. The van der Waals surface area contributed by atoms with Gasteiger partial charge in [0.2, 0.25) is 21.8 Å². The van der Waals surface area contributed by atoms with E-state index in [9.17, 15) is 22.8 Å². The molecule has 35 heavy (non-hydrogen) atoms. The molecule has 2 N–H and O–H groups in total. The molecule has 11 heteroatoms. The number of carbonyl (C=O) groups is 3. The molecule has 4 rings (SSSR count). The third-order valence-corrected chi connectivity index (χ3v) is 8.08. The molecule has 0 spiro atoms. The van der Waals surface area contributed by atoms with E-state index in [0.29, 0.717) is 50.4 Å². The lowest BCUT2D eigenvalue weighted by Crippen LogP contribution is -2.46. The maximum atomic E-state index is 12.8. The molecule has 0 atom stereocenters. The van der Waals surface area contributed by atoms with Crippen LogP contribution < -0.4 is 15.5 Å². The Kier molecular flexibility index (Phi) is 7.48. The number of amides is 3. The van der Waals surface area contributed by atoms with E-state index in [1.54, 1.807) is 29.2 Å². The number of hydrogen-bond acceptors (Lipinski definition) is 6. The van der Waals surface area contributed by atoms with Crippen molar-refractivity contribution in [2.45, 2.75) is 17.7 Å². The van der Waals surface area contributed by atoms with E-state index < -0.39 is 21.8 Å². The second-order valence-electron chi connectivity index (χ2n) is 8.66. The van der Waals surface area contributed by atoms with Crippen LogP contribution in [-0.4, -0.2) is 81.7 Å². The lowest BCUT2D eigenvalue weighted by atomic mass is 10.2. The number of nitrogens with zero attached hydrogens (tertiary/aromatic N) is 3. The summed E-state index contributed by atoms with van der Waals surface area (Å²) in [6, 6.07) is 12.7. The van der Waals surface area contributed by atoms with Gasteiger partial charge in [-0.2, -0.15) is 4.31 Å². The summed E-state index contributed by atoms with van der Waals surface area (Å²) in [5, 5.41) is 5.21. The molecule has 2 fully saturated rings. The normalized spacial score (nSPS) is 17.4. The molecule has 0 aromatic heterocycles. The van der Waals surface area contributed by atoms with Gasteiger partial charge in [-0.05, 0) is 62.0 Å². The first-order chi connectivity index (χ1) is 16.7. The summed E-state index contributed by atoms with van der Waals surface area (Å²) < 4.78 is 27.1. The predicted molar refractivity (Wildman–Crippen MR) is 132 cm³/mol. The minimum absolute atomic E-state index is 0.0730. The average molecular weight is 500 g/mol. The standard InChI is InChI=1S/C24H29N5O5S/c1-27-13-15-28(16-14-27)35(33,34)21-10-6-19(7-11-21)26-22(30)17-25-24(32)18-4-8-20(9-5-18)29-12-2-3-23(29)31/h4-11H,2-3,12-17H2,1H3,(H,25,32)(H,26,30). The highest BCUT2D eigenvalue weighted by Crippen LogP contribution is 2.22. The Labute approximate surface area is 204 Å². The summed E-state index contributed by atoms with van der Waals surface area (Å²) in [7, 11) is -1.62. The van der Waals surface area contributed by atoms with Crippen molar-refractivity contribution < 1.29 is 22.8 Å². The highest BCUT2D eigenvalue weighted by Gasteiger charge is 2.27. The van der Waals surface area contributed by atoms with Crippen molar-refractivity contribution >= 4 is 39.1 Å². The number of nitrogens with one attached hydrogen (secondary N) is 2. The Morgan fingerprint density at radius 3 is 2.17 bits per heavy atom. The summed E-state index contributed by atoms with van der Waals surface area (Å²) in [5.41, 5.74) is 1.56. The number of benzene rings is 2. The van der Waals surface area contributed by atoms with Gasteiger partial charge in [0, 0.05) is 56.1 Å². The lowest BCUT2D eigenvalue weighted by molar-refractivity contribution is -0.117. The number of piperazine rings is 1. The van der Waals surface area contributed by atoms with E-state index in [4.69, 9.17) is 0 Å². The van der Waals surface area contributed by atoms with Crippen LogP contribution in [0.5, 0.6) is 0 Å². The van der Waals surface area contributed by atoms with Gasteiger partial charge in [0.05, 0.1) is 11.4 Å². The van der Waals surface area contributed by atoms with Crippen molar-refractivity contribution in [1.29, 1.82) is 0 Å². The largest absolute Gasteiger partial charge is 0.343 e. The van der Waals surface area contributed by atoms with Gasteiger partial charge in [-0.25, -0.2) is 8.42 Å². The highest BCUT2D eigenvalue weighted by molar-refractivity contribution is 7.89. The molecule has 2 aromatic carbocycles. The van der Waals surface area contributed by atoms with E-state index >= 15 is 0 Å². The first kappa shape index (κ1) is 24.8. The maximum Gasteiger partial charge on any atom is 0.251 e. The monoisotopic (exact) mass is 499 g/mol. The fraction of sp³-hybridized carbons (Fsp3) is 0.375. The zero-order chi connectivity index (χ0) is 25.0. The van der Waals surface area contributed by atoms with Crippen LogP contribution in [0.15, 0.2) is 53.4 Å². The quantitative estimate of drug-likeness (QED) is 0.589. The minimum atomic E-state index is -3.58. The van der Waals surface area contributed by atoms with Crippen LogP contribution in [0.25, 0.3) is 0 Å². The number of likely N-dealkylation sites (N-methyl/N-ethyl adjacent to an activating group) is 1. The number of anilines is 2. The molecule has 0 saturated carbocycles. The van der Waals surface area contributed by atoms with Crippen molar-refractivity contribution in [1.82, 2.24) is 14.5 Å². The van der Waals surface area contributed by atoms with Crippen molar-refractivity contribution in [3.63, 3.8) is 0 Å². The first-order valence-electron chi connectivity index (χ1n) is 11.5. The molecule has 0 bridgehead atoms. The summed E-state index contributed by atoms with van der Waals surface area (Å²) >= 11 is 0. The zero-order valence-corrected chi connectivity index (χ0v) is 20.4. The topological polar surface area (TPSA) is 119 Å². The predicted octanol–water partition coefficient (Wildman–Crippen LogP) is 1.12. The first-order valence-corrected chi connectivity index (χ1v) is 13.0. The van der Waals surface area contributed by atoms with Crippen LogP contribution in [-0.2, 0) is 19.6 Å². The van der Waals surface area contributed by atoms with Crippen LogP contribution in [0.3, 0.4) is 0 Å². The van der Waals surface area contributed by atoms with Gasteiger partial charge in [0.1, 0.15) is 0 Å². The van der Waals surface area contributed by atoms with Crippen LogP contribution >= 0.6 is 0 Å². The summed E-state index contributed by atoms with van der Waals surface area (Å²) in [4.78, 5) is 40.4. The lowest BCUT2D eigenvalue weighted by Gasteiger charge is -2.31. The molecule has 2 heterocycles. The molecule has 3 amide bonds. The molecule has 0 aliphatic carbocycles. The Bertz CT molecular complexity index is 1190. The number of rotatable bonds is 7. The SMILES string of the molecule is CN1CCN(S(=O)(=O)c2ccc(NC(=O)CNC(=O)c3ccc(N4CCCC4=O)cc3)cc2)CC1. The van der Waals surface area contributed by atoms with E-state index in [1.165, 1.54) is 28.6 Å². The average Bonchev–Trinajstić information content (AvgIpc) is 3.29. The molecule has 10 nitrogen and oxygen atoms in total. The van der Waals surface area contributed by atoms with Gasteiger partial charge in [0.25, 0.3) is 5.91 Å². The molecular formula is C24H29N5O5S. The third-order valence-electron chi connectivity index (χ3n) is 6.16. The van der Waals surface area contributed by atoms with Crippen LogP contribution in [0.1, 0.15) is 23.2 Å². The van der Waals surface area contributed by atoms with Crippen LogP contribution in [0.2, 0.25) is 0 Å². The Hall–Kier alpha value is -3.28. The Morgan fingerprint density at radius 2 is 1.57 bits per heavy atom. The molecular weight excluding hydrogens is 470 g/mol. The Balaban J connectivity index is 1.27. The third kappa shape index (κ3) is 5.87. The maximum absolute atomic E-state index is 12.8. The fourth-order valence-electron chi connectivity index (χ4n) is 4.07. The summed E-state index contributed by atoms with van der Waals surface area (Å²) in [5.74, 6) is -0.774. The van der Waals surface area contributed by atoms with Crippen molar-refractivity contribution in [2.24, 2.45) is 0 Å². The summed E-state index contributed by atoms with van der Waals surface area (Å²) in [6.45, 7) is 2.68. The van der Waals surface area contributed by atoms with Gasteiger partial charge >= 0.3 is 0 Å². The van der Waals surface area contributed by atoms with E-state index in [-0.39, 0.29) is 17.3 Å². The number of hydrogen-bond donors (Lipinski definition) is 2. The molecule has 2 aliphatic rings. The number of sulfonamides is 1. The molecule has 2 aliphatic heterocycles. The molecule has 2 aromatic rings. The second-order valence-corrected chi connectivity index (χ2v) is 10.6. The van der Waals surface area contributed by atoms with Crippen LogP contribution in [0.4, 0.5) is 11.4 Å². The summed E-state index contributed by atoms with van der Waals surface area (Å²) in [6.07, 6.45) is 1.36. The fourth-order valence-corrected chi connectivity index (χ4v) is 5.49. The van der Waals surface area contributed by atoms with Gasteiger partial charge in [0.15, 0.2) is 0 Å². The van der Waals surface area contributed by atoms with E-state index in [2.05, 4.69) is 15.5 Å². The number of carbonyl (C=O) groups excluding carboxylic acids is 3. The van der Waals surface area contributed by atoms with Gasteiger partial charge in [-0.3, -0.25) is 14.4 Å². The highest BCUT2D eigenvalue weighted by atomic mass is 32.2. The molecule has 0 unspecified atom stereocenters. The van der Waals surface area contributed by atoms with Crippen molar-refractivity contribution in [3.05, 3.63) is 54.1 Å². The second kappa shape index (κ2) is 10.5. The van der Waals surface area contributed by atoms with Crippen molar-refractivity contribution in [2.75, 3.05) is 56.5 Å². The zero-order valence-electron chi connectivity index (χ0n) is 19.6. The molecule has 0 radical (unpaired) electrons. The van der Waals surface area contributed by atoms with E-state index in [1.807, 2.05) is 7.05 Å². The van der Waals surface area contributed by atoms with Crippen LogP contribution in [0, 0.1) is 0 Å².